The second-order valence-corrected chi connectivity index (χ2v) is 3.27. The summed E-state index contributed by atoms with van der Waals surface area (Å²) in [5.41, 5.74) is 1.18. The van der Waals surface area contributed by atoms with Crippen molar-refractivity contribution in [1.29, 1.82) is 5.26 Å². The summed E-state index contributed by atoms with van der Waals surface area (Å²) in [4.78, 5) is 0. The molecule has 0 spiro atoms. The third-order valence-corrected chi connectivity index (χ3v) is 1.96. The molecule has 1 N–H and O–H groups in total. The molecule has 1 rings (SSSR count). The molecule has 1 aromatic carbocycles. The Morgan fingerprint density at radius 3 is 3.07 bits per heavy atom. The van der Waals surface area contributed by atoms with E-state index in [-0.39, 0.29) is 6.61 Å². The Balaban J connectivity index is 2.47. The van der Waals surface area contributed by atoms with Crippen LogP contribution in [0.2, 0.25) is 0 Å². The minimum absolute atomic E-state index is 0.103. The lowest BCUT2D eigenvalue weighted by Gasteiger charge is -2.06. The van der Waals surface area contributed by atoms with E-state index in [1.807, 2.05) is 30.3 Å². The van der Waals surface area contributed by atoms with Gasteiger partial charge in [-0.15, -0.1) is 0 Å². The van der Waals surface area contributed by atoms with Crippen molar-refractivity contribution in [3.05, 3.63) is 29.8 Å². The zero-order valence-corrected chi connectivity index (χ0v) is 8.99. The topological polar surface area (TPSA) is 45.0 Å². The highest BCUT2D eigenvalue weighted by Gasteiger charge is 1.96. The van der Waals surface area contributed by atoms with E-state index in [1.165, 1.54) is 5.56 Å². The Morgan fingerprint density at radius 2 is 2.33 bits per heavy atom. The summed E-state index contributed by atoms with van der Waals surface area (Å²) in [7, 11) is 0. The van der Waals surface area contributed by atoms with Crippen LogP contribution in [0.1, 0.15) is 18.9 Å². The highest BCUT2D eigenvalue weighted by Crippen LogP contribution is 2.12. The highest BCUT2D eigenvalue weighted by atomic mass is 16.5. The van der Waals surface area contributed by atoms with Gasteiger partial charge in [-0.1, -0.05) is 19.1 Å². The predicted octanol–water partition coefficient (Wildman–Crippen LogP) is 2.09. The molecule has 0 unspecified atom stereocenters. The van der Waals surface area contributed by atoms with Gasteiger partial charge in [-0.05, 0) is 30.7 Å². The van der Waals surface area contributed by atoms with Crippen LogP contribution in [0.4, 0.5) is 0 Å². The molecule has 0 aromatic heterocycles. The zero-order chi connectivity index (χ0) is 10.9. The number of nitrogens with zero attached hydrogens (tertiary/aromatic N) is 1. The van der Waals surface area contributed by atoms with E-state index in [4.69, 9.17) is 10.00 Å². The third-order valence-electron chi connectivity index (χ3n) is 1.96. The molecule has 0 aliphatic rings. The van der Waals surface area contributed by atoms with Crippen LogP contribution in [0.25, 0.3) is 0 Å². The number of hydrogen-bond donors (Lipinski definition) is 1. The highest BCUT2D eigenvalue weighted by molar-refractivity contribution is 5.28. The second kappa shape index (κ2) is 6.86. The SMILES string of the molecule is CCCNCc1cccc(OCC#N)c1. The molecule has 15 heavy (non-hydrogen) atoms. The molecule has 0 saturated heterocycles. The molecular formula is C12H16N2O. The van der Waals surface area contributed by atoms with Crippen LogP contribution >= 0.6 is 0 Å². The van der Waals surface area contributed by atoms with Crippen molar-refractivity contribution in [2.45, 2.75) is 19.9 Å². The Morgan fingerprint density at radius 1 is 1.47 bits per heavy atom. The first-order valence-corrected chi connectivity index (χ1v) is 5.16. The fourth-order valence-corrected chi connectivity index (χ4v) is 1.27. The van der Waals surface area contributed by atoms with Crippen molar-refractivity contribution >= 4 is 0 Å². The van der Waals surface area contributed by atoms with Gasteiger partial charge in [-0.25, -0.2) is 0 Å². The van der Waals surface area contributed by atoms with E-state index in [0.29, 0.717) is 0 Å². The number of hydrogen-bond acceptors (Lipinski definition) is 3. The van der Waals surface area contributed by atoms with Gasteiger partial charge >= 0.3 is 0 Å². The predicted molar refractivity (Wildman–Crippen MR) is 59.5 cm³/mol. The van der Waals surface area contributed by atoms with Crippen LogP contribution in [0.15, 0.2) is 24.3 Å². The molecule has 0 fully saturated rings. The van der Waals surface area contributed by atoms with E-state index in [9.17, 15) is 0 Å². The molecule has 0 atom stereocenters. The monoisotopic (exact) mass is 204 g/mol. The fourth-order valence-electron chi connectivity index (χ4n) is 1.27. The first-order chi connectivity index (χ1) is 7.36. The smallest absolute Gasteiger partial charge is 0.174 e. The molecule has 1 aromatic rings. The normalized spacial score (nSPS) is 9.60. The maximum Gasteiger partial charge on any atom is 0.174 e. The van der Waals surface area contributed by atoms with Crippen LogP contribution in [-0.4, -0.2) is 13.2 Å². The molecule has 0 heterocycles. The Kier molecular flexibility index (Phi) is 5.28. The van der Waals surface area contributed by atoms with Crippen LogP contribution in [0.5, 0.6) is 5.75 Å². The Hall–Kier alpha value is -1.53. The molecule has 3 nitrogen and oxygen atoms in total. The van der Waals surface area contributed by atoms with Gasteiger partial charge in [0.2, 0.25) is 0 Å². The zero-order valence-electron chi connectivity index (χ0n) is 8.99. The van der Waals surface area contributed by atoms with Crippen molar-refractivity contribution in [3.8, 4) is 11.8 Å². The minimum atomic E-state index is 0.103. The third kappa shape index (κ3) is 4.48. The number of rotatable bonds is 6. The van der Waals surface area contributed by atoms with Crippen molar-refractivity contribution < 1.29 is 4.74 Å². The van der Waals surface area contributed by atoms with Gasteiger partial charge in [0, 0.05) is 6.54 Å². The summed E-state index contributed by atoms with van der Waals surface area (Å²) in [6.07, 6.45) is 1.13. The van der Waals surface area contributed by atoms with Gasteiger partial charge in [0.1, 0.15) is 11.8 Å². The molecule has 3 heteroatoms. The second-order valence-electron chi connectivity index (χ2n) is 3.27. The average Bonchev–Trinajstić information content (AvgIpc) is 2.27. The number of benzene rings is 1. The van der Waals surface area contributed by atoms with Crippen molar-refractivity contribution in [1.82, 2.24) is 5.32 Å². The molecule has 0 aliphatic heterocycles. The summed E-state index contributed by atoms with van der Waals surface area (Å²) in [5, 5.41) is 11.7. The van der Waals surface area contributed by atoms with E-state index < -0.39 is 0 Å². The summed E-state index contributed by atoms with van der Waals surface area (Å²) in [6, 6.07) is 9.75. The summed E-state index contributed by atoms with van der Waals surface area (Å²) in [6.45, 7) is 4.10. The van der Waals surface area contributed by atoms with Crippen LogP contribution in [-0.2, 0) is 6.54 Å². The molecule has 0 aliphatic carbocycles. The lowest BCUT2D eigenvalue weighted by Crippen LogP contribution is -2.13. The van der Waals surface area contributed by atoms with Crippen molar-refractivity contribution in [3.63, 3.8) is 0 Å². The van der Waals surface area contributed by atoms with E-state index in [0.717, 1.165) is 25.3 Å². The molecule has 0 bridgehead atoms. The van der Waals surface area contributed by atoms with E-state index in [2.05, 4.69) is 12.2 Å². The number of nitriles is 1. The van der Waals surface area contributed by atoms with Gasteiger partial charge in [0.05, 0.1) is 0 Å². The molecule has 0 saturated carbocycles. The quantitative estimate of drug-likeness (QED) is 0.722. The number of ether oxygens (including phenoxy) is 1. The van der Waals surface area contributed by atoms with E-state index in [1.54, 1.807) is 0 Å². The van der Waals surface area contributed by atoms with Gasteiger partial charge in [0.25, 0.3) is 0 Å². The fraction of sp³-hybridized carbons (Fsp3) is 0.417. The first-order valence-electron chi connectivity index (χ1n) is 5.16. The van der Waals surface area contributed by atoms with Crippen LogP contribution in [0.3, 0.4) is 0 Å². The molecular weight excluding hydrogens is 188 g/mol. The lowest BCUT2D eigenvalue weighted by atomic mass is 10.2. The average molecular weight is 204 g/mol. The van der Waals surface area contributed by atoms with Gasteiger partial charge in [0.15, 0.2) is 6.61 Å². The minimum Gasteiger partial charge on any atom is -0.479 e. The largest absolute Gasteiger partial charge is 0.479 e. The van der Waals surface area contributed by atoms with Gasteiger partial charge in [-0.3, -0.25) is 0 Å². The first kappa shape index (κ1) is 11.5. The van der Waals surface area contributed by atoms with Gasteiger partial charge < -0.3 is 10.1 Å². The molecule has 80 valence electrons. The number of nitrogens with one attached hydrogen (secondary N) is 1. The van der Waals surface area contributed by atoms with Crippen LogP contribution < -0.4 is 10.1 Å². The van der Waals surface area contributed by atoms with Crippen molar-refractivity contribution in [2.75, 3.05) is 13.2 Å². The molecule has 0 amide bonds. The maximum atomic E-state index is 8.38. The van der Waals surface area contributed by atoms with Crippen molar-refractivity contribution in [2.24, 2.45) is 0 Å². The Labute approximate surface area is 90.7 Å². The summed E-state index contributed by atoms with van der Waals surface area (Å²) in [5.74, 6) is 0.757. The summed E-state index contributed by atoms with van der Waals surface area (Å²) < 4.78 is 5.21. The Bertz CT molecular complexity index is 331. The maximum absolute atomic E-state index is 8.38. The molecule has 0 radical (unpaired) electrons. The summed E-state index contributed by atoms with van der Waals surface area (Å²) >= 11 is 0. The standard InChI is InChI=1S/C12H16N2O/c1-2-7-14-10-11-4-3-5-12(9-11)15-8-6-13/h3-5,9,14H,2,7-8,10H2,1H3. The van der Waals surface area contributed by atoms with Gasteiger partial charge in [-0.2, -0.15) is 5.26 Å². The van der Waals surface area contributed by atoms with E-state index >= 15 is 0 Å². The lowest BCUT2D eigenvalue weighted by molar-refractivity contribution is 0.367. The van der Waals surface area contributed by atoms with Crippen LogP contribution in [0, 0.1) is 11.3 Å².